The van der Waals surface area contributed by atoms with Crippen LogP contribution in [0.3, 0.4) is 0 Å². The molecule has 0 aliphatic heterocycles. The van der Waals surface area contributed by atoms with Crippen molar-refractivity contribution in [3.05, 3.63) is 83.9 Å². The number of benzene rings is 3. The van der Waals surface area contributed by atoms with Crippen molar-refractivity contribution in [2.24, 2.45) is 0 Å². The van der Waals surface area contributed by atoms with Crippen molar-refractivity contribution >= 4 is 21.6 Å². The standard InChI is InChI=1S/C24H26N2O5S/c1-4-23(17-5-11-20(30-2)12-6-17)25-24(27)18-7-15-22(16-8-18)32(28,29)26-19-9-13-21(31-3)14-10-19/h5-16,23,26H,4H2,1-3H3,(H,25,27). The van der Waals surface area contributed by atoms with Gasteiger partial charge in [-0.2, -0.15) is 0 Å². The van der Waals surface area contributed by atoms with Crippen molar-refractivity contribution in [2.45, 2.75) is 24.3 Å². The van der Waals surface area contributed by atoms with Crippen LogP contribution in [0.25, 0.3) is 0 Å². The van der Waals surface area contributed by atoms with Crippen LogP contribution in [0.5, 0.6) is 11.5 Å². The second-order valence-corrected chi connectivity index (χ2v) is 8.75. The van der Waals surface area contributed by atoms with Crippen molar-refractivity contribution < 1.29 is 22.7 Å². The summed E-state index contributed by atoms with van der Waals surface area (Å²) in [6.45, 7) is 1.98. The van der Waals surface area contributed by atoms with E-state index in [1.54, 1.807) is 31.4 Å². The maximum Gasteiger partial charge on any atom is 0.261 e. The van der Waals surface area contributed by atoms with Gasteiger partial charge in [0.1, 0.15) is 11.5 Å². The highest BCUT2D eigenvalue weighted by Gasteiger charge is 2.17. The Kier molecular flexibility index (Phi) is 7.37. The van der Waals surface area contributed by atoms with Gasteiger partial charge in [-0.25, -0.2) is 8.42 Å². The van der Waals surface area contributed by atoms with E-state index in [9.17, 15) is 13.2 Å². The van der Waals surface area contributed by atoms with Crippen LogP contribution < -0.4 is 19.5 Å². The van der Waals surface area contributed by atoms with E-state index >= 15 is 0 Å². The quantitative estimate of drug-likeness (QED) is 0.500. The van der Waals surface area contributed by atoms with Gasteiger partial charge in [0.15, 0.2) is 0 Å². The first-order valence-electron chi connectivity index (χ1n) is 10.1. The third-order valence-corrected chi connectivity index (χ3v) is 6.40. The lowest BCUT2D eigenvalue weighted by molar-refractivity contribution is 0.0935. The van der Waals surface area contributed by atoms with Gasteiger partial charge in [-0.3, -0.25) is 9.52 Å². The van der Waals surface area contributed by atoms with E-state index in [4.69, 9.17) is 9.47 Å². The van der Waals surface area contributed by atoms with Crippen LogP contribution in [0.1, 0.15) is 35.3 Å². The molecule has 0 spiro atoms. The fourth-order valence-corrected chi connectivity index (χ4v) is 4.22. The van der Waals surface area contributed by atoms with Crippen LogP contribution in [-0.4, -0.2) is 28.5 Å². The van der Waals surface area contributed by atoms with E-state index < -0.39 is 10.0 Å². The molecule has 0 radical (unpaired) electrons. The molecule has 0 aliphatic rings. The molecule has 3 rings (SSSR count). The molecule has 2 N–H and O–H groups in total. The van der Waals surface area contributed by atoms with Crippen LogP contribution in [0, 0.1) is 0 Å². The smallest absolute Gasteiger partial charge is 0.261 e. The molecule has 1 atom stereocenters. The average molecular weight is 455 g/mol. The zero-order valence-corrected chi connectivity index (χ0v) is 19.0. The summed E-state index contributed by atoms with van der Waals surface area (Å²) in [5, 5.41) is 2.99. The maximum atomic E-state index is 12.7. The number of anilines is 1. The number of rotatable bonds is 9. The molecule has 3 aromatic carbocycles. The largest absolute Gasteiger partial charge is 0.497 e. The summed E-state index contributed by atoms with van der Waals surface area (Å²) in [5.41, 5.74) is 1.75. The number of hydrogen-bond acceptors (Lipinski definition) is 5. The summed E-state index contributed by atoms with van der Waals surface area (Å²) in [7, 11) is -0.647. The molecule has 3 aromatic rings. The molecule has 0 aromatic heterocycles. The number of methoxy groups -OCH3 is 2. The first kappa shape index (κ1) is 23.1. The molecular weight excluding hydrogens is 428 g/mol. The predicted octanol–water partition coefficient (Wildman–Crippen LogP) is 4.39. The number of hydrogen-bond donors (Lipinski definition) is 2. The van der Waals surface area contributed by atoms with Gasteiger partial charge in [-0.1, -0.05) is 19.1 Å². The summed E-state index contributed by atoms with van der Waals surface area (Å²) in [6, 6.07) is 19.7. The second kappa shape index (κ2) is 10.2. The summed E-state index contributed by atoms with van der Waals surface area (Å²) >= 11 is 0. The van der Waals surface area contributed by atoms with Crippen LogP contribution >= 0.6 is 0 Å². The second-order valence-electron chi connectivity index (χ2n) is 7.07. The minimum atomic E-state index is -3.79. The van der Waals surface area contributed by atoms with Gasteiger partial charge in [-0.05, 0) is 72.6 Å². The predicted molar refractivity (Wildman–Crippen MR) is 124 cm³/mol. The van der Waals surface area contributed by atoms with Gasteiger partial charge >= 0.3 is 0 Å². The van der Waals surface area contributed by atoms with Gasteiger partial charge < -0.3 is 14.8 Å². The molecular formula is C24H26N2O5S. The third-order valence-electron chi connectivity index (χ3n) is 5.00. The Morgan fingerprint density at radius 1 is 0.844 bits per heavy atom. The monoisotopic (exact) mass is 454 g/mol. The van der Waals surface area contributed by atoms with Crippen molar-refractivity contribution in [2.75, 3.05) is 18.9 Å². The number of nitrogens with one attached hydrogen (secondary N) is 2. The van der Waals surface area contributed by atoms with Gasteiger partial charge in [0.25, 0.3) is 15.9 Å². The minimum absolute atomic E-state index is 0.0621. The Balaban J connectivity index is 1.69. The average Bonchev–Trinajstić information content (AvgIpc) is 2.83. The summed E-state index contributed by atoms with van der Waals surface area (Å²) in [6.07, 6.45) is 0.705. The van der Waals surface area contributed by atoms with Crippen LogP contribution in [0.4, 0.5) is 5.69 Å². The van der Waals surface area contributed by atoms with Crippen molar-refractivity contribution in [1.29, 1.82) is 0 Å². The molecule has 0 heterocycles. The molecule has 32 heavy (non-hydrogen) atoms. The molecule has 8 heteroatoms. The normalized spacial score (nSPS) is 12.0. The van der Waals surface area contributed by atoms with Crippen molar-refractivity contribution in [1.82, 2.24) is 5.32 Å². The molecule has 0 fully saturated rings. The van der Waals surface area contributed by atoms with Crippen LogP contribution in [0.15, 0.2) is 77.7 Å². The lowest BCUT2D eigenvalue weighted by Gasteiger charge is -2.18. The Morgan fingerprint density at radius 2 is 1.38 bits per heavy atom. The van der Waals surface area contributed by atoms with E-state index in [0.717, 1.165) is 11.3 Å². The molecule has 168 valence electrons. The zero-order chi connectivity index (χ0) is 23.1. The Morgan fingerprint density at radius 3 is 1.88 bits per heavy atom. The first-order valence-corrected chi connectivity index (χ1v) is 11.6. The minimum Gasteiger partial charge on any atom is -0.497 e. The summed E-state index contributed by atoms with van der Waals surface area (Å²) < 4.78 is 38.0. The third kappa shape index (κ3) is 5.59. The van der Waals surface area contributed by atoms with E-state index in [2.05, 4.69) is 10.0 Å². The molecule has 0 bridgehead atoms. The van der Waals surface area contributed by atoms with E-state index in [-0.39, 0.29) is 16.8 Å². The van der Waals surface area contributed by atoms with Gasteiger partial charge in [-0.15, -0.1) is 0 Å². The fourth-order valence-electron chi connectivity index (χ4n) is 3.16. The van der Waals surface area contributed by atoms with Gasteiger partial charge in [0, 0.05) is 11.3 Å². The molecule has 0 aliphatic carbocycles. The van der Waals surface area contributed by atoms with E-state index in [1.165, 1.54) is 31.4 Å². The summed E-state index contributed by atoms with van der Waals surface area (Å²) in [4.78, 5) is 12.8. The lowest BCUT2D eigenvalue weighted by Crippen LogP contribution is -2.28. The highest BCUT2D eigenvalue weighted by atomic mass is 32.2. The van der Waals surface area contributed by atoms with Gasteiger partial charge in [0.05, 0.1) is 25.2 Å². The first-order chi connectivity index (χ1) is 15.4. The number of carbonyl (C=O) groups excluding carboxylic acids is 1. The van der Waals surface area contributed by atoms with Crippen LogP contribution in [-0.2, 0) is 10.0 Å². The number of carbonyl (C=O) groups is 1. The molecule has 1 unspecified atom stereocenters. The lowest BCUT2D eigenvalue weighted by atomic mass is 10.0. The van der Waals surface area contributed by atoms with Crippen LogP contribution in [0.2, 0.25) is 0 Å². The van der Waals surface area contributed by atoms with Crippen molar-refractivity contribution in [3.63, 3.8) is 0 Å². The fraction of sp³-hybridized carbons (Fsp3) is 0.208. The topological polar surface area (TPSA) is 93.7 Å². The molecule has 0 saturated heterocycles. The Hall–Kier alpha value is -3.52. The highest BCUT2D eigenvalue weighted by Crippen LogP contribution is 2.22. The number of sulfonamides is 1. The summed E-state index contributed by atoms with van der Waals surface area (Å²) in [5.74, 6) is 1.10. The Labute approximate surface area is 188 Å². The molecule has 1 amide bonds. The number of ether oxygens (including phenoxy) is 2. The molecule has 7 nitrogen and oxygen atoms in total. The highest BCUT2D eigenvalue weighted by molar-refractivity contribution is 7.92. The van der Waals surface area contributed by atoms with E-state index in [0.29, 0.717) is 23.4 Å². The number of amides is 1. The SMILES string of the molecule is CCC(NC(=O)c1ccc(S(=O)(=O)Nc2ccc(OC)cc2)cc1)c1ccc(OC)cc1. The zero-order valence-electron chi connectivity index (χ0n) is 18.2. The Bertz CT molecular complexity index is 1140. The van der Waals surface area contributed by atoms with Crippen molar-refractivity contribution in [3.8, 4) is 11.5 Å². The van der Waals surface area contributed by atoms with E-state index in [1.807, 2.05) is 31.2 Å². The maximum absolute atomic E-state index is 12.7. The van der Waals surface area contributed by atoms with Gasteiger partial charge in [0.2, 0.25) is 0 Å². The molecule has 0 saturated carbocycles.